The van der Waals surface area contributed by atoms with E-state index in [1.165, 1.54) is 0 Å². The third-order valence-corrected chi connectivity index (χ3v) is 5.65. The van der Waals surface area contributed by atoms with E-state index in [4.69, 9.17) is 19.2 Å². The lowest BCUT2D eigenvalue weighted by Crippen LogP contribution is -2.28. The summed E-state index contributed by atoms with van der Waals surface area (Å²) in [6, 6.07) is 21.5. The van der Waals surface area contributed by atoms with Gasteiger partial charge in [0, 0.05) is 24.6 Å². The number of benzene rings is 3. The number of ether oxygens (including phenoxy) is 3. The molecule has 0 aliphatic heterocycles. The summed E-state index contributed by atoms with van der Waals surface area (Å²) < 4.78 is 15.8. The van der Waals surface area contributed by atoms with Gasteiger partial charge in [-0.05, 0) is 42.5 Å². The SMILES string of the molecule is COCCNC(=O)c1ccccc1NC(=O)c1cc(-c2ccc(OC)c(OC)c2)nc2ccccc12. The van der Waals surface area contributed by atoms with Gasteiger partial charge in [0.2, 0.25) is 0 Å². The van der Waals surface area contributed by atoms with Gasteiger partial charge in [0.25, 0.3) is 11.8 Å². The van der Waals surface area contributed by atoms with Crippen LogP contribution in [0.1, 0.15) is 20.7 Å². The van der Waals surface area contributed by atoms with Crippen LogP contribution in [0.4, 0.5) is 5.69 Å². The van der Waals surface area contributed by atoms with Crippen LogP contribution < -0.4 is 20.1 Å². The maximum atomic E-state index is 13.5. The highest BCUT2D eigenvalue weighted by Crippen LogP contribution is 2.33. The molecule has 36 heavy (non-hydrogen) atoms. The highest BCUT2D eigenvalue weighted by Gasteiger charge is 2.18. The number of aromatic nitrogens is 1. The Labute approximate surface area is 209 Å². The monoisotopic (exact) mass is 485 g/mol. The summed E-state index contributed by atoms with van der Waals surface area (Å²) in [6.07, 6.45) is 0. The molecule has 0 saturated carbocycles. The van der Waals surface area contributed by atoms with Crippen LogP contribution in [0.25, 0.3) is 22.2 Å². The third kappa shape index (κ3) is 5.29. The van der Waals surface area contributed by atoms with Gasteiger partial charge >= 0.3 is 0 Å². The van der Waals surface area contributed by atoms with Crippen molar-refractivity contribution in [2.45, 2.75) is 0 Å². The standard InChI is InChI=1S/C28H27N3O5/c1-34-15-14-29-27(32)20-9-5-7-11-23(20)31-28(33)21-17-24(30-22-10-6-4-8-19(21)22)18-12-13-25(35-2)26(16-18)36-3/h4-13,16-17H,14-15H2,1-3H3,(H,29,32)(H,31,33). The van der Waals surface area contributed by atoms with Gasteiger partial charge in [0.1, 0.15) is 0 Å². The molecular formula is C28H27N3O5. The summed E-state index contributed by atoms with van der Waals surface area (Å²) in [6.45, 7) is 0.753. The molecule has 0 bridgehead atoms. The summed E-state index contributed by atoms with van der Waals surface area (Å²) in [4.78, 5) is 31.0. The molecule has 0 aliphatic rings. The highest BCUT2D eigenvalue weighted by atomic mass is 16.5. The van der Waals surface area contributed by atoms with E-state index in [2.05, 4.69) is 10.6 Å². The van der Waals surface area contributed by atoms with Crippen molar-refractivity contribution in [1.82, 2.24) is 10.3 Å². The number of hydrogen-bond donors (Lipinski definition) is 2. The summed E-state index contributed by atoms with van der Waals surface area (Å²) in [7, 11) is 4.71. The number of para-hydroxylation sites is 2. The van der Waals surface area contributed by atoms with Gasteiger partial charge in [-0.3, -0.25) is 9.59 Å². The minimum absolute atomic E-state index is 0.298. The number of pyridine rings is 1. The van der Waals surface area contributed by atoms with E-state index in [0.717, 1.165) is 5.56 Å². The smallest absolute Gasteiger partial charge is 0.256 e. The van der Waals surface area contributed by atoms with Crippen molar-refractivity contribution in [3.05, 3.63) is 83.9 Å². The number of hydrogen-bond acceptors (Lipinski definition) is 6. The average molecular weight is 486 g/mol. The predicted molar refractivity (Wildman–Crippen MR) is 139 cm³/mol. The summed E-state index contributed by atoms with van der Waals surface area (Å²) in [5, 5.41) is 6.39. The Hall–Kier alpha value is -4.43. The normalized spacial score (nSPS) is 10.6. The first kappa shape index (κ1) is 24.7. The largest absolute Gasteiger partial charge is 0.493 e. The highest BCUT2D eigenvalue weighted by molar-refractivity contribution is 6.15. The number of carbonyl (C=O) groups is 2. The van der Waals surface area contributed by atoms with E-state index in [9.17, 15) is 9.59 Å². The van der Waals surface area contributed by atoms with Gasteiger partial charge in [-0.1, -0.05) is 30.3 Å². The van der Waals surface area contributed by atoms with Crippen LogP contribution in [-0.2, 0) is 4.74 Å². The molecule has 4 aromatic rings. The first-order chi connectivity index (χ1) is 17.5. The molecule has 3 aromatic carbocycles. The van der Waals surface area contributed by atoms with Crippen molar-refractivity contribution >= 4 is 28.4 Å². The Morgan fingerprint density at radius 3 is 2.33 bits per heavy atom. The van der Waals surface area contributed by atoms with E-state index in [0.29, 0.717) is 58.1 Å². The molecule has 8 heteroatoms. The van der Waals surface area contributed by atoms with Gasteiger partial charge in [0.05, 0.1) is 48.9 Å². The van der Waals surface area contributed by atoms with Gasteiger partial charge in [-0.2, -0.15) is 0 Å². The molecule has 4 rings (SSSR count). The molecule has 184 valence electrons. The van der Waals surface area contributed by atoms with Gasteiger partial charge in [-0.25, -0.2) is 4.98 Å². The maximum Gasteiger partial charge on any atom is 0.256 e. The number of fused-ring (bicyclic) bond motifs is 1. The molecule has 1 heterocycles. The van der Waals surface area contributed by atoms with Crippen LogP contribution in [0.2, 0.25) is 0 Å². The minimum atomic E-state index is -0.354. The van der Waals surface area contributed by atoms with Crippen molar-refractivity contribution in [3.63, 3.8) is 0 Å². The van der Waals surface area contributed by atoms with Gasteiger partial charge in [0.15, 0.2) is 11.5 Å². The maximum absolute atomic E-state index is 13.5. The van der Waals surface area contributed by atoms with Crippen molar-refractivity contribution in [2.24, 2.45) is 0 Å². The molecule has 0 saturated heterocycles. The molecule has 0 fully saturated rings. The topological polar surface area (TPSA) is 98.8 Å². The molecule has 0 atom stereocenters. The fourth-order valence-electron chi connectivity index (χ4n) is 3.85. The van der Waals surface area contributed by atoms with Crippen LogP contribution in [0.5, 0.6) is 11.5 Å². The Morgan fingerprint density at radius 2 is 1.56 bits per heavy atom. The van der Waals surface area contributed by atoms with Crippen LogP contribution in [0, 0.1) is 0 Å². The second kappa shape index (κ2) is 11.3. The van der Waals surface area contributed by atoms with Crippen LogP contribution >= 0.6 is 0 Å². The van der Waals surface area contributed by atoms with Crippen LogP contribution in [-0.4, -0.2) is 51.3 Å². The van der Waals surface area contributed by atoms with Crippen LogP contribution in [0.15, 0.2) is 72.8 Å². The lowest BCUT2D eigenvalue weighted by molar-refractivity contribution is 0.0938. The lowest BCUT2D eigenvalue weighted by atomic mass is 10.0. The summed E-state index contributed by atoms with van der Waals surface area (Å²) in [5.41, 5.74) is 3.24. The van der Waals surface area contributed by atoms with Crippen molar-refractivity contribution < 1.29 is 23.8 Å². The number of rotatable bonds is 9. The number of methoxy groups -OCH3 is 3. The van der Waals surface area contributed by atoms with Crippen molar-refractivity contribution in [2.75, 3.05) is 39.8 Å². The number of amides is 2. The molecule has 2 amide bonds. The Balaban J connectivity index is 1.72. The molecule has 0 radical (unpaired) electrons. The van der Waals surface area contributed by atoms with Crippen LogP contribution in [0.3, 0.4) is 0 Å². The fourth-order valence-corrected chi connectivity index (χ4v) is 3.85. The molecule has 0 spiro atoms. The summed E-state index contributed by atoms with van der Waals surface area (Å²) >= 11 is 0. The Kier molecular flexibility index (Phi) is 7.77. The predicted octanol–water partition coefficient (Wildman–Crippen LogP) is 4.55. The van der Waals surface area contributed by atoms with E-state index in [-0.39, 0.29) is 11.8 Å². The van der Waals surface area contributed by atoms with E-state index >= 15 is 0 Å². The number of carbonyl (C=O) groups excluding carboxylic acids is 2. The van der Waals surface area contributed by atoms with Crippen molar-refractivity contribution in [3.8, 4) is 22.8 Å². The second-order valence-electron chi connectivity index (χ2n) is 7.89. The lowest BCUT2D eigenvalue weighted by Gasteiger charge is -2.14. The molecular weight excluding hydrogens is 458 g/mol. The number of nitrogens with one attached hydrogen (secondary N) is 2. The molecule has 1 aromatic heterocycles. The molecule has 8 nitrogen and oxygen atoms in total. The van der Waals surface area contributed by atoms with Crippen molar-refractivity contribution in [1.29, 1.82) is 0 Å². The molecule has 0 aliphatic carbocycles. The zero-order chi connectivity index (χ0) is 25.5. The Morgan fingerprint density at radius 1 is 0.806 bits per heavy atom. The van der Waals surface area contributed by atoms with E-state index < -0.39 is 0 Å². The first-order valence-corrected chi connectivity index (χ1v) is 11.4. The number of anilines is 1. The van der Waals surface area contributed by atoms with E-state index in [1.807, 2.05) is 36.4 Å². The zero-order valence-electron chi connectivity index (χ0n) is 20.3. The van der Waals surface area contributed by atoms with Gasteiger partial charge in [-0.15, -0.1) is 0 Å². The van der Waals surface area contributed by atoms with Gasteiger partial charge < -0.3 is 24.8 Å². The fraction of sp³-hybridized carbons (Fsp3) is 0.179. The molecule has 2 N–H and O–H groups in total. The zero-order valence-corrected chi connectivity index (χ0v) is 20.3. The third-order valence-electron chi connectivity index (χ3n) is 5.65. The molecule has 0 unspecified atom stereocenters. The van der Waals surface area contributed by atoms with E-state index in [1.54, 1.807) is 57.7 Å². The quantitative estimate of drug-likeness (QED) is 0.338. The average Bonchev–Trinajstić information content (AvgIpc) is 2.92. The second-order valence-corrected chi connectivity index (χ2v) is 7.89. The minimum Gasteiger partial charge on any atom is -0.493 e. The number of nitrogens with zero attached hydrogens (tertiary/aromatic N) is 1. The first-order valence-electron chi connectivity index (χ1n) is 11.4. The summed E-state index contributed by atoms with van der Waals surface area (Å²) in [5.74, 6) is 0.505. The Bertz CT molecular complexity index is 1400.